The highest BCUT2D eigenvalue weighted by atomic mass is 19.1. The second kappa shape index (κ2) is 10.9. The second-order valence-electron chi connectivity index (χ2n) is 10.9. The lowest BCUT2D eigenvalue weighted by Gasteiger charge is -2.32. The van der Waals surface area contributed by atoms with Crippen LogP contribution in [0.25, 0.3) is 5.69 Å². The van der Waals surface area contributed by atoms with Gasteiger partial charge in [0, 0.05) is 18.2 Å². The molecule has 2 fully saturated rings. The summed E-state index contributed by atoms with van der Waals surface area (Å²) in [5.74, 6) is -0.767. The Hall–Kier alpha value is -3.50. The summed E-state index contributed by atoms with van der Waals surface area (Å²) < 4.78 is 21.2. The maximum Gasteiger partial charge on any atom is 0.408 e. The van der Waals surface area contributed by atoms with E-state index in [1.165, 1.54) is 35.5 Å². The maximum atomic E-state index is 14.4. The highest BCUT2D eigenvalue weighted by Gasteiger charge is 2.39. The zero-order chi connectivity index (χ0) is 26.7. The molecule has 200 valence electrons. The largest absolute Gasteiger partial charge is 0.444 e. The van der Waals surface area contributed by atoms with Crippen LogP contribution in [0.15, 0.2) is 30.9 Å². The van der Waals surface area contributed by atoms with Crippen molar-refractivity contribution in [3.8, 4) is 5.69 Å². The number of hydrogen-bond donors (Lipinski definition) is 1. The van der Waals surface area contributed by atoms with Crippen molar-refractivity contribution < 1.29 is 23.5 Å². The van der Waals surface area contributed by atoms with Gasteiger partial charge in [-0.3, -0.25) is 9.69 Å². The number of nitrogens with zero attached hydrogens (tertiary/aromatic N) is 5. The van der Waals surface area contributed by atoms with Crippen molar-refractivity contribution >= 4 is 18.0 Å². The summed E-state index contributed by atoms with van der Waals surface area (Å²) in [6, 6.07) is 2.66. The number of halogens is 1. The summed E-state index contributed by atoms with van der Waals surface area (Å²) >= 11 is 0. The number of nitrogens with one attached hydrogen (secondary N) is 1. The summed E-state index contributed by atoms with van der Waals surface area (Å²) in [7, 11) is 0. The molecule has 10 nitrogen and oxygen atoms in total. The molecule has 2 aromatic rings. The van der Waals surface area contributed by atoms with E-state index >= 15 is 0 Å². The van der Waals surface area contributed by atoms with E-state index in [1.807, 2.05) is 6.92 Å². The first kappa shape index (κ1) is 26.6. The van der Waals surface area contributed by atoms with E-state index in [4.69, 9.17) is 4.74 Å². The van der Waals surface area contributed by atoms with Crippen molar-refractivity contribution in [3.63, 3.8) is 0 Å². The van der Waals surface area contributed by atoms with Gasteiger partial charge in [-0.25, -0.2) is 23.6 Å². The zero-order valence-electron chi connectivity index (χ0n) is 21.8. The summed E-state index contributed by atoms with van der Waals surface area (Å²) in [6.45, 7) is 7.50. The van der Waals surface area contributed by atoms with Crippen LogP contribution in [0.5, 0.6) is 0 Å². The third kappa shape index (κ3) is 6.84. The van der Waals surface area contributed by atoms with E-state index in [1.54, 1.807) is 25.7 Å². The fraction of sp³-hybridized carbons (Fsp3) is 0.577. The van der Waals surface area contributed by atoms with Crippen molar-refractivity contribution in [2.24, 2.45) is 5.92 Å². The number of amides is 4. The highest BCUT2D eigenvalue weighted by Crippen LogP contribution is 2.34. The lowest BCUT2D eigenvalue weighted by Crippen LogP contribution is -2.54. The number of carbonyl (C=O) groups excluding carboxylic acids is 3. The SMILES string of the molecule is C[C@@H]1CCCN1C(=O)N(Cc1cc(F)ccc1-n1cncn1)C(=O)[C@@H](CC1CC1)NC(=O)OC(C)(C)C. The summed E-state index contributed by atoms with van der Waals surface area (Å²) in [4.78, 5) is 47.1. The van der Waals surface area contributed by atoms with Gasteiger partial charge in [-0.15, -0.1) is 0 Å². The van der Waals surface area contributed by atoms with Crippen LogP contribution in [0.1, 0.15) is 65.4 Å². The van der Waals surface area contributed by atoms with Crippen LogP contribution in [0.2, 0.25) is 0 Å². The van der Waals surface area contributed by atoms with Crippen molar-refractivity contribution in [1.29, 1.82) is 0 Å². The molecule has 1 aliphatic heterocycles. The van der Waals surface area contributed by atoms with Crippen LogP contribution < -0.4 is 5.32 Å². The number of carbonyl (C=O) groups is 3. The van der Waals surface area contributed by atoms with Gasteiger partial charge >= 0.3 is 12.1 Å². The van der Waals surface area contributed by atoms with Crippen LogP contribution >= 0.6 is 0 Å². The Morgan fingerprint density at radius 1 is 1.24 bits per heavy atom. The van der Waals surface area contributed by atoms with Crippen molar-refractivity contribution in [2.45, 2.75) is 84.0 Å². The fourth-order valence-electron chi connectivity index (χ4n) is 4.57. The van der Waals surface area contributed by atoms with E-state index in [0.717, 1.165) is 30.6 Å². The van der Waals surface area contributed by atoms with Gasteiger partial charge in [-0.2, -0.15) is 5.10 Å². The topological polar surface area (TPSA) is 110 Å². The third-order valence-electron chi connectivity index (χ3n) is 6.59. The third-order valence-corrected chi connectivity index (χ3v) is 6.59. The maximum absolute atomic E-state index is 14.4. The van der Waals surface area contributed by atoms with Gasteiger partial charge < -0.3 is 15.0 Å². The standard InChI is InChI=1S/C26H35FN6O4/c1-17-6-5-11-31(17)25(36)32(14-19-13-20(27)9-10-22(19)33-16-28-15-29-33)23(34)21(12-18-7-8-18)30-24(35)37-26(2,3)4/h9-10,13,15-18,21H,5-8,11-12,14H2,1-4H3,(H,30,35)/t17-,21-/m1/s1. The molecule has 0 bridgehead atoms. The molecule has 0 radical (unpaired) electrons. The average Bonchev–Trinajstić information content (AvgIpc) is 3.26. The number of hydrogen-bond acceptors (Lipinski definition) is 6. The van der Waals surface area contributed by atoms with Gasteiger partial charge in [0.1, 0.15) is 30.1 Å². The van der Waals surface area contributed by atoms with Crippen molar-refractivity contribution in [1.82, 2.24) is 29.9 Å². The molecule has 37 heavy (non-hydrogen) atoms. The Bertz CT molecular complexity index is 1130. The molecule has 4 rings (SSSR count). The van der Waals surface area contributed by atoms with Gasteiger partial charge in [0.25, 0.3) is 5.91 Å². The molecule has 1 aromatic carbocycles. The molecule has 1 saturated carbocycles. The molecule has 0 spiro atoms. The molecule has 1 aromatic heterocycles. The van der Waals surface area contributed by atoms with Crippen LogP contribution in [0.3, 0.4) is 0 Å². The van der Waals surface area contributed by atoms with Gasteiger partial charge in [-0.1, -0.05) is 12.8 Å². The lowest BCUT2D eigenvalue weighted by molar-refractivity contribution is -0.131. The number of rotatable bonds is 7. The van der Waals surface area contributed by atoms with E-state index in [0.29, 0.717) is 24.2 Å². The Balaban J connectivity index is 1.66. The summed E-state index contributed by atoms with van der Waals surface area (Å²) in [5.41, 5.74) is 0.144. The number of alkyl carbamates (subject to hydrolysis) is 1. The molecule has 11 heteroatoms. The van der Waals surface area contributed by atoms with E-state index < -0.39 is 35.5 Å². The molecule has 0 unspecified atom stereocenters. The smallest absolute Gasteiger partial charge is 0.408 e. The monoisotopic (exact) mass is 514 g/mol. The quantitative estimate of drug-likeness (QED) is 0.597. The first-order chi connectivity index (χ1) is 17.5. The minimum Gasteiger partial charge on any atom is -0.444 e. The van der Waals surface area contributed by atoms with E-state index in [-0.39, 0.29) is 18.5 Å². The molecular formula is C26H35FN6O4. The molecule has 2 atom stereocenters. The number of imide groups is 1. The molecular weight excluding hydrogens is 479 g/mol. The lowest BCUT2D eigenvalue weighted by atomic mass is 10.1. The number of likely N-dealkylation sites (tertiary alicyclic amines) is 1. The normalized spacial score (nSPS) is 18.4. The fourth-order valence-corrected chi connectivity index (χ4v) is 4.57. The Kier molecular flexibility index (Phi) is 7.79. The van der Waals surface area contributed by atoms with Gasteiger partial charge in [0.2, 0.25) is 0 Å². The second-order valence-corrected chi connectivity index (χ2v) is 10.9. The first-order valence-corrected chi connectivity index (χ1v) is 12.8. The molecule has 1 aliphatic carbocycles. The predicted octanol–water partition coefficient (Wildman–Crippen LogP) is 4.03. The minimum atomic E-state index is -0.951. The van der Waals surface area contributed by atoms with Crippen molar-refractivity contribution in [3.05, 3.63) is 42.2 Å². The van der Waals surface area contributed by atoms with E-state index in [2.05, 4.69) is 15.4 Å². The molecule has 1 saturated heterocycles. The number of urea groups is 1. The molecule has 2 aliphatic rings. The Labute approximate surface area is 216 Å². The van der Waals surface area contributed by atoms with Crippen LogP contribution in [-0.4, -0.2) is 66.8 Å². The average molecular weight is 515 g/mol. The zero-order valence-corrected chi connectivity index (χ0v) is 21.8. The number of ether oxygens (including phenoxy) is 1. The first-order valence-electron chi connectivity index (χ1n) is 12.8. The summed E-state index contributed by atoms with van der Waals surface area (Å²) in [6.07, 6.45) is 6.07. The minimum absolute atomic E-state index is 0.0363. The predicted molar refractivity (Wildman–Crippen MR) is 133 cm³/mol. The Morgan fingerprint density at radius 3 is 2.59 bits per heavy atom. The van der Waals surface area contributed by atoms with Crippen LogP contribution in [-0.2, 0) is 16.1 Å². The summed E-state index contributed by atoms with van der Waals surface area (Å²) in [5, 5.41) is 6.83. The number of benzene rings is 1. The van der Waals surface area contributed by atoms with Crippen molar-refractivity contribution in [2.75, 3.05) is 6.54 Å². The van der Waals surface area contributed by atoms with Crippen LogP contribution in [0, 0.1) is 11.7 Å². The van der Waals surface area contributed by atoms with Crippen LogP contribution in [0.4, 0.5) is 14.0 Å². The van der Waals surface area contributed by atoms with E-state index in [9.17, 15) is 18.8 Å². The van der Waals surface area contributed by atoms with Gasteiger partial charge in [0.15, 0.2) is 0 Å². The highest BCUT2D eigenvalue weighted by molar-refractivity contribution is 5.98. The molecule has 1 N–H and O–H groups in total. The molecule has 2 heterocycles. The van der Waals surface area contributed by atoms with Gasteiger partial charge in [-0.05, 0) is 71.1 Å². The number of aromatic nitrogens is 3. The van der Waals surface area contributed by atoms with Gasteiger partial charge in [0.05, 0.1) is 12.2 Å². The Morgan fingerprint density at radius 2 is 2.00 bits per heavy atom. The molecule has 4 amide bonds.